The predicted octanol–water partition coefficient (Wildman–Crippen LogP) is 2.71. The van der Waals surface area contributed by atoms with Crippen molar-refractivity contribution in [2.75, 3.05) is 0 Å². The van der Waals surface area contributed by atoms with Crippen molar-refractivity contribution in [2.45, 2.75) is 6.43 Å². The lowest BCUT2D eigenvalue weighted by atomic mass is 10.1. The lowest BCUT2D eigenvalue weighted by Gasteiger charge is -2.04. The number of rotatable bonds is 2. The van der Waals surface area contributed by atoms with Crippen LogP contribution in [0.5, 0.6) is 0 Å². The summed E-state index contributed by atoms with van der Waals surface area (Å²) in [6.45, 7) is 0. The molecule has 0 atom stereocenters. The average molecular weight is 192 g/mol. The molecule has 5 heteroatoms. The molecule has 0 aliphatic carbocycles. The van der Waals surface area contributed by atoms with Gasteiger partial charge in [-0.05, 0) is 12.1 Å². The van der Waals surface area contributed by atoms with Crippen LogP contribution in [0.2, 0.25) is 0 Å². The Morgan fingerprint density at radius 2 is 1.85 bits per heavy atom. The van der Waals surface area contributed by atoms with Crippen molar-refractivity contribution in [3.05, 3.63) is 34.9 Å². The molecule has 13 heavy (non-hydrogen) atoms. The molecular formula is C8H4F4O. The Kier molecular flexibility index (Phi) is 2.65. The fourth-order valence-electron chi connectivity index (χ4n) is 0.877. The van der Waals surface area contributed by atoms with E-state index >= 15 is 0 Å². The minimum Gasteiger partial charge on any atom is -0.298 e. The molecule has 0 spiro atoms. The Hall–Kier alpha value is -1.39. The Morgan fingerprint density at radius 3 is 2.31 bits per heavy atom. The first-order valence-electron chi connectivity index (χ1n) is 3.29. The van der Waals surface area contributed by atoms with Gasteiger partial charge in [0.1, 0.15) is 11.6 Å². The quantitative estimate of drug-likeness (QED) is 0.520. The molecule has 0 radical (unpaired) electrons. The number of aldehydes is 1. The summed E-state index contributed by atoms with van der Waals surface area (Å²) in [6, 6.07) is 1.44. The molecule has 1 aromatic carbocycles. The largest absolute Gasteiger partial charge is 0.298 e. The fraction of sp³-hybridized carbons (Fsp3) is 0.125. The minimum atomic E-state index is -3.26. The van der Waals surface area contributed by atoms with E-state index in [1.807, 2.05) is 0 Å². The second-order valence-electron chi connectivity index (χ2n) is 2.28. The lowest BCUT2D eigenvalue weighted by molar-refractivity contribution is 0.111. The number of benzene rings is 1. The van der Waals surface area contributed by atoms with Gasteiger partial charge in [0.15, 0.2) is 6.29 Å². The van der Waals surface area contributed by atoms with Crippen LogP contribution in [0.3, 0.4) is 0 Å². The number of hydrogen-bond donors (Lipinski definition) is 0. The monoisotopic (exact) mass is 192 g/mol. The predicted molar refractivity (Wildman–Crippen MR) is 36.7 cm³/mol. The van der Waals surface area contributed by atoms with E-state index in [-0.39, 0.29) is 6.29 Å². The molecule has 1 aromatic rings. The van der Waals surface area contributed by atoms with Crippen molar-refractivity contribution < 1.29 is 22.4 Å². The van der Waals surface area contributed by atoms with E-state index in [0.717, 1.165) is 6.07 Å². The minimum absolute atomic E-state index is 0.0562. The van der Waals surface area contributed by atoms with Crippen molar-refractivity contribution in [2.24, 2.45) is 0 Å². The first-order chi connectivity index (χ1) is 6.07. The summed E-state index contributed by atoms with van der Waals surface area (Å²) in [7, 11) is 0. The third-order valence-electron chi connectivity index (χ3n) is 1.50. The van der Waals surface area contributed by atoms with Crippen LogP contribution in [0.4, 0.5) is 17.6 Å². The first-order valence-corrected chi connectivity index (χ1v) is 3.29. The SMILES string of the molecule is O=Cc1ccc(F)c(C(F)F)c1F. The summed E-state index contributed by atoms with van der Waals surface area (Å²) < 4.78 is 49.4. The third kappa shape index (κ3) is 1.68. The summed E-state index contributed by atoms with van der Waals surface area (Å²) in [5.41, 5.74) is -1.93. The van der Waals surface area contributed by atoms with Gasteiger partial charge in [-0.25, -0.2) is 17.6 Å². The Morgan fingerprint density at radius 1 is 1.23 bits per heavy atom. The molecule has 0 saturated carbocycles. The standard InChI is InChI=1S/C8H4F4O/c9-5-2-1-4(3-13)7(10)6(5)8(11)12/h1-3,8H. The lowest BCUT2D eigenvalue weighted by Crippen LogP contribution is -2.00. The maximum absolute atomic E-state index is 12.8. The smallest absolute Gasteiger partial charge is 0.269 e. The summed E-state index contributed by atoms with van der Waals surface area (Å²) in [4.78, 5) is 10.1. The Bertz CT molecular complexity index is 335. The van der Waals surface area contributed by atoms with Crippen molar-refractivity contribution in [3.8, 4) is 0 Å². The topological polar surface area (TPSA) is 17.1 Å². The van der Waals surface area contributed by atoms with Gasteiger partial charge in [0, 0.05) is 0 Å². The molecule has 1 rings (SSSR count). The van der Waals surface area contributed by atoms with Crippen LogP contribution in [0.25, 0.3) is 0 Å². The van der Waals surface area contributed by atoms with Gasteiger partial charge in [0.05, 0.1) is 11.1 Å². The molecular weight excluding hydrogens is 188 g/mol. The van der Waals surface area contributed by atoms with Gasteiger partial charge in [0.2, 0.25) is 0 Å². The molecule has 1 nitrogen and oxygen atoms in total. The Labute approximate surface area is 71.0 Å². The zero-order valence-electron chi connectivity index (χ0n) is 6.23. The molecule has 0 bridgehead atoms. The highest BCUT2D eigenvalue weighted by Gasteiger charge is 2.21. The third-order valence-corrected chi connectivity index (χ3v) is 1.50. The normalized spacial score (nSPS) is 10.5. The molecule has 0 aliphatic heterocycles. The van der Waals surface area contributed by atoms with Crippen LogP contribution in [0.15, 0.2) is 12.1 Å². The van der Waals surface area contributed by atoms with E-state index < -0.39 is 29.2 Å². The van der Waals surface area contributed by atoms with Crippen molar-refractivity contribution in [1.82, 2.24) is 0 Å². The highest BCUT2D eigenvalue weighted by molar-refractivity contribution is 5.75. The summed E-state index contributed by atoms with van der Waals surface area (Å²) >= 11 is 0. The number of carbonyl (C=O) groups excluding carboxylic acids is 1. The van der Waals surface area contributed by atoms with Gasteiger partial charge in [-0.2, -0.15) is 0 Å². The van der Waals surface area contributed by atoms with Gasteiger partial charge < -0.3 is 0 Å². The van der Waals surface area contributed by atoms with Crippen LogP contribution in [-0.4, -0.2) is 6.29 Å². The summed E-state index contributed by atoms with van der Waals surface area (Å²) in [5, 5.41) is 0. The average Bonchev–Trinajstić information content (AvgIpc) is 2.04. The zero-order chi connectivity index (χ0) is 10.0. The molecule has 0 unspecified atom stereocenters. The van der Waals surface area contributed by atoms with E-state index in [0.29, 0.717) is 6.07 Å². The second-order valence-corrected chi connectivity index (χ2v) is 2.28. The van der Waals surface area contributed by atoms with Crippen molar-refractivity contribution in [3.63, 3.8) is 0 Å². The van der Waals surface area contributed by atoms with Crippen LogP contribution in [0, 0.1) is 11.6 Å². The second kappa shape index (κ2) is 3.55. The molecule has 0 aromatic heterocycles. The van der Waals surface area contributed by atoms with Crippen LogP contribution in [-0.2, 0) is 0 Å². The molecule has 0 aliphatic rings. The number of carbonyl (C=O) groups is 1. The zero-order valence-corrected chi connectivity index (χ0v) is 6.23. The van der Waals surface area contributed by atoms with E-state index in [1.165, 1.54) is 0 Å². The highest BCUT2D eigenvalue weighted by Crippen LogP contribution is 2.26. The first kappa shape index (κ1) is 9.70. The molecule has 0 amide bonds. The number of alkyl halides is 2. The highest BCUT2D eigenvalue weighted by atomic mass is 19.3. The Balaban J connectivity index is 3.38. The fourth-order valence-corrected chi connectivity index (χ4v) is 0.877. The van der Waals surface area contributed by atoms with Gasteiger partial charge in [-0.1, -0.05) is 0 Å². The van der Waals surface area contributed by atoms with E-state index in [4.69, 9.17) is 0 Å². The summed E-state index contributed by atoms with van der Waals surface area (Å²) in [5.74, 6) is -2.84. The van der Waals surface area contributed by atoms with E-state index in [9.17, 15) is 22.4 Å². The van der Waals surface area contributed by atoms with Crippen molar-refractivity contribution >= 4 is 6.29 Å². The van der Waals surface area contributed by atoms with Crippen LogP contribution < -0.4 is 0 Å². The van der Waals surface area contributed by atoms with Crippen molar-refractivity contribution in [1.29, 1.82) is 0 Å². The molecule has 0 saturated heterocycles. The van der Waals surface area contributed by atoms with Gasteiger partial charge in [0.25, 0.3) is 6.43 Å². The van der Waals surface area contributed by atoms with E-state index in [2.05, 4.69) is 0 Å². The molecule has 0 fully saturated rings. The molecule has 0 heterocycles. The number of hydrogen-bond acceptors (Lipinski definition) is 1. The van der Waals surface area contributed by atoms with Gasteiger partial charge in [-0.3, -0.25) is 4.79 Å². The molecule has 70 valence electrons. The van der Waals surface area contributed by atoms with Gasteiger partial charge in [-0.15, -0.1) is 0 Å². The molecule has 0 N–H and O–H groups in total. The number of halogens is 4. The maximum atomic E-state index is 12.8. The maximum Gasteiger partial charge on any atom is 0.269 e. The van der Waals surface area contributed by atoms with E-state index in [1.54, 1.807) is 0 Å². The summed E-state index contributed by atoms with van der Waals surface area (Å²) in [6.07, 6.45) is -3.21. The van der Waals surface area contributed by atoms with Crippen LogP contribution >= 0.6 is 0 Å². The van der Waals surface area contributed by atoms with Crippen LogP contribution in [0.1, 0.15) is 22.3 Å². The van der Waals surface area contributed by atoms with Gasteiger partial charge >= 0.3 is 0 Å².